The largest absolute Gasteiger partial charge is 0.490 e. The number of rotatable bonds is 7. The van der Waals surface area contributed by atoms with Crippen LogP contribution in [-0.4, -0.2) is 36.9 Å². The maximum Gasteiger partial charge on any atom is 0.142 e. The summed E-state index contributed by atoms with van der Waals surface area (Å²) in [5, 5.41) is 16.2. The van der Waals surface area contributed by atoms with E-state index in [4.69, 9.17) is 4.74 Å². The number of anilines is 1. The van der Waals surface area contributed by atoms with Crippen LogP contribution in [0.3, 0.4) is 0 Å². The van der Waals surface area contributed by atoms with Crippen LogP contribution in [0.4, 0.5) is 5.69 Å². The molecule has 0 saturated heterocycles. The van der Waals surface area contributed by atoms with Gasteiger partial charge in [0.25, 0.3) is 0 Å². The third-order valence-corrected chi connectivity index (χ3v) is 3.88. The summed E-state index contributed by atoms with van der Waals surface area (Å²) in [6, 6.07) is 6.95. The lowest BCUT2D eigenvalue weighted by molar-refractivity contribution is 0.225. The van der Waals surface area contributed by atoms with E-state index >= 15 is 0 Å². The Labute approximate surface area is 121 Å². The average Bonchev–Trinajstić information content (AvgIpc) is 2.51. The minimum Gasteiger partial charge on any atom is -0.490 e. The Bertz CT molecular complexity index is 419. The zero-order valence-electron chi connectivity index (χ0n) is 12.5. The predicted molar refractivity (Wildman–Crippen MR) is 82.5 cm³/mol. The lowest BCUT2D eigenvalue weighted by Crippen LogP contribution is -2.41. The Morgan fingerprint density at radius 1 is 1.30 bits per heavy atom. The molecule has 2 unspecified atom stereocenters. The van der Waals surface area contributed by atoms with Crippen molar-refractivity contribution < 1.29 is 9.84 Å². The van der Waals surface area contributed by atoms with Crippen LogP contribution in [0.1, 0.15) is 32.3 Å². The highest BCUT2D eigenvalue weighted by molar-refractivity contribution is 5.59. The molecule has 2 atom stereocenters. The van der Waals surface area contributed by atoms with E-state index in [-0.39, 0.29) is 12.6 Å². The molecule has 112 valence electrons. The molecule has 0 amide bonds. The van der Waals surface area contributed by atoms with Crippen LogP contribution in [-0.2, 0) is 6.42 Å². The molecule has 1 heterocycles. The lowest BCUT2D eigenvalue weighted by atomic mass is 10.0. The van der Waals surface area contributed by atoms with Gasteiger partial charge in [0.15, 0.2) is 0 Å². The summed E-state index contributed by atoms with van der Waals surface area (Å²) in [6.07, 6.45) is 2.98. The Morgan fingerprint density at radius 3 is 2.80 bits per heavy atom. The molecule has 0 aromatic heterocycles. The molecule has 0 spiro atoms. The second kappa shape index (κ2) is 7.50. The fraction of sp³-hybridized carbons (Fsp3) is 0.625. The molecule has 1 aromatic rings. The summed E-state index contributed by atoms with van der Waals surface area (Å²) >= 11 is 0. The van der Waals surface area contributed by atoms with Crippen LogP contribution < -0.4 is 15.4 Å². The number of hydrogen-bond donors (Lipinski definition) is 3. The summed E-state index contributed by atoms with van der Waals surface area (Å²) in [5.74, 6) is 0.947. The molecule has 1 aromatic carbocycles. The summed E-state index contributed by atoms with van der Waals surface area (Å²) in [6.45, 7) is 6.09. The van der Waals surface area contributed by atoms with Crippen molar-refractivity contribution in [3.8, 4) is 5.75 Å². The van der Waals surface area contributed by atoms with E-state index in [2.05, 4.69) is 36.6 Å². The highest BCUT2D eigenvalue weighted by atomic mass is 16.5. The van der Waals surface area contributed by atoms with E-state index in [1.807, 2.05) is 6.07 Å². The van der Waals surface area contributed by atoms with Gasteiger partial charge in [-0.25, -0.2) is 0 Å². The number of aliphatic hydroxyl groups excluding tert-OH is 1. The van der Waals surface area contributed by atoms with Crippen molar-refractivity contribution in [2.75, 3.05) is 25.1 Å². The van der Waals surface area contributed by atoms with Gasteiger partial charge in [0.05, 0.1) is 12.3 Å². The van der Waals surface area contributed by atoms with Crippen molar-refractivity contribution in [2.45, 2.75) is 45.2 Å². The Morgan fingerprint density at radius 2 is 2.10 bits per heavy atom. The standard InChI is InChI=1S/C16H26N2O2/c1-3-13(18-14(4-2)11-19)9-12-5-6-16-15(10-12)17-7-8-20-16/h5-6,10,13-14,17-19H,3-4,7-9,11H2,1-2H3. The molecule has 0 radical (unpaired) electrons. The van der Waals surface area contributed by atoms with Gasteiger partial charge in [-0.3, -0.25) is 0 Å². The highest BCUT2D eigenvalue weighted by Crippen LogP contribution is 2.28. The normalized spacial score (nSPS) is 16.8. The highest BCUT2D eigenvalue weighted by Gasteiger charge is 2.15. The first kappa shape index (κ1) is 15.1. The molecule has 4 heteroatoms. The summed E-state index contributed by atoms with van der Waals surface area (Å²) < 4.78 is 5.60. The van der Waals surface area contributed by atoms with Crippen LogP contribution in [0, 0.1) is 0 Å². The van der Waals surface area contributed by atoms with Gasteiger partial charge >= 0.3 is 0 Å². The topological polar surface area (TPSA) is 53.5 Å². The lowest BCUT2D eigenvalue weighted by Gasteiger charge is -2.24. The van der Waals surface area contributed by atoms with E-state index in [1.165, 1.54) is 5.56 Å². The molecule has 3 N–H and O–H groups in total. The van der Waals surface area contributed by atoms with E-state index < -0.39 is 0 Å². The summed E-state index contributed by atoms with van der Waals surface area (Å²) in [7, 11) is 0. The number of benzene rings is 1. The molecule has 4 nitrogen and oxygen atoms in total. The number of aliphatic hydroxyl groups is 1. The van der Waals surface area contributed by atoms with Crippen molar-refractivity contribution in [1.29, 1.82) is 0 Å². The summed E-state index contributed by atoms with van der Waals surface area (Å²) in [5.41, 5.74) is 2.40. The zero-order valence-corrected chi connectivity index (χ0v) is 12.5. The van der Waals surface area contributed by atoms with Crippen LogP contribution in [0.25, 0.3) is 0 Å². The number of fused-ring (bicyclic) bond motifs is 1. The van der Waals surface area contributed by atoms with Crippen molar-refractivity contribution >= 4 is 5.69 Å². The average molecular weight is 278 g/mol. The van der Waals surface area contributed by atoms with Crippen LogP contribution in [0.15, 0.2) is 18.2 Å². The van der Waals surface area contributed by atoms with E-state index in [0.717, 1.165) is 43.9 Å². The van der Waals surface area contributed by atoms with E-state index in [0.29, 0.717) is 6.04 Å². The monoisotopic (exact) mass is 278 g/mol. The van der Waals surface area contributed by atoms with Crippen LogP contribution in [0.5, 0.6) is 5.75 Å². The van der Waals surface area contributed by atoms with Gasteiger partial charge in [-0.05, 0) is 37.0 Å². The minimum atomic E-state index is 0.194. The van der Waals surface area contributed by atoms with Crippen molar-refractivity contribution in [2.24, 2.45) is 0 Å². The van der Waals surface area contributed by atoms with Crippen molar-refractivity contribution in [3.05, 3.63) is 23.8 Å². The second-order valence-electron chi connectivity index (χ2n) is 5.37. The second-order valence-corrected chi connectivity index (χ2v) is 5.37. The Balaban J connectivity index is 2.00. The smallest absolute Gasteiger partial charge is 0.142 e. The Hall–Kier alpha value is -1.26. The van der Waals surface area contributed by atoms with E-state index in [1.54, 1.807) is 0 Å². The molecular formula is C16H26N2O2. The van der Waals surface area contributed by atoms with Gasteiger partial charge in [0.1, 0.15) is 12.4 Å². The molecule has 0 bridgehead atoms. The van der Waals surface area contributed by atoms with Crippen molar-refractivity contribution in [3.63, 3.8) is 0 Å². The first-order valence-electron chi connectivity index (χ1n) is 7.63. The Kier molecular flexibility index (Phi) is 5.68. The van der Waals surface area contributed by atoms with Gasteiger partial charge in [-0.2, -0.15) is 0 Å². The third-order valence-electron chi connectivity index (χ3n) is 3.88. The molecule has 2 rings (SSSR count). The number of hydrogen-bond acceptors (Lipinski definition) is 4. The number of nitrogens with one attached hydrogen (secondary N) is 2. The molecule has 1 aliphatic heterocycles. The number of ether oxygens (including phenoxy) is 1. The molecular weight excluding hydrogens is 252 g/mol. The molecule has 0 saturated carbocycles. The molecule has 1 aliphatic rings. The van der Waals surface area contributed by atoms with Crippen molar-refractivity contribution in [1.82, 2.24) is 5.32 Å². The van der Waals surface area contributed by atoms with Crippen LogP contribution >= 0.6 is 0 Å². The van der Waals surface area contributed by atoms with E-state index in [9.17, 15) is 5.11 Å². The molecule has 0 aliphatic carbocycles. The third kappa shape index (κ3) is 3.87. The van der Waals surface area contributed by atoms with Gasteiger partial charge in [0, 0.05) is 18.6 Å². The maximum atomic E-state index is 9.31. The predicted octanol–water partition coefficient (Wildman–Crippen LogP) is 2.17. The quantitative estimate of drug-likeness (QED) is 0.715. The fourth-order valence-corrected chi connectivity index (χ4v) is 2.55. The van der Waals surface area contributed by atoms with Gasteiger partial charge in [-0.15, -0.1) is 0 Å². The first-order valence-corrected chi connectivity index (χ1v) is 7.63. The minimum absolute atomic E-state index is 0.194. The van der Waals surface area contributed by atoms with Gasteiger partial charge in [-0.1, -0.05) is 19.9 Å². The fourth-order valence-electron chi connectivity index (χ4n) is 2.55. The molecule has 0 fully saturated rings. The summed E-state index contributed by atoms with van der Waals surface area (Å²) in [4.78, 5) is 0. The van der Waals surface area contributed by atoms with Crippen LogP contribution in [0.2, 0.25) is 0 Å². The zero-order chi connectivity index (χ0) is 14.4. The maximum absolute atomic E-state index is 9.31. The first-order chi connectivity index (χ1) is 9.76. The SMILES string of the molecule is CCC(CO)NC(CC)Cc1ccc2c(c1)NCCO2. The van der Waals surface area contributed by atoms with Gasteiger partial charge < -0.3 is 20.5 Å². The molecule has 20 heavy (non-hydrogen) atoms. The van der Waals surface area contributed by atoms with Gasteiger partial charge in [0.2, 0.25) is 0 Å².